The smallest absolute Gasteiger partial charge is 0.244 e. The highest BCUT2D eigenvalue weighted by Crippen LogP contribution is 2.34. The summed E-state index contributed by atoms with van der Waals surface area (Å²) in [6, 6.07) is 0.288. The number of aromatic nitrogens is 3. The average Bonchev–Trinajstić information content (AvgIpc) is 2.70. The quantitative estimate of drug-likeness (QED) is 0.745. The van der Waals surface area contributed by atoms with Gasteiger partial charge < -0.3 is 10.6 Å². The number of nitrogens with one attached hydrogen (secondary N) is 1. The standard InChI is InChI=1S/C10H17N5/c11-8-4-5-15(6-8)10-12-9(13-14-10)7-2-1-3-7/h7-8H,1-6,11H2,(H,12,13,14). The third-order valence-corrected chi connectivity index (χ3v) is 3.49. The van der Waals surface area contributed by atoms with Crippen LogP contribution < -0.4 is 10.6 Å². The Hall–Kier alpha value is -1.10. The maximum atomic E-state index is 5.86. The molecule has 5 heteroatoms. The molecule has 2 aliphatic rings. The summed E-state index contributed by atoms with van der Waals surface area (Å²) < 4.78 is 0. The Morgan fingerprint density at radius 1 is 1.33 bits per heavy atom. The molecule has 0 amide bonds. The number of anilines is 1. The fraction of sp³-hybridized carbons (Fsp3) is 0.800. The summed E-state index contributed by atoms with van der Waals surface area (Å²) in [6.07, 6.45) is 4.89. The molecule has 0 aromatic carbocycles. The third kappa shape index (κ3) is 1.61. The Balaban J connectivity index is 1.72. The first-order valence-electron chi connectivity index (χ1n) is 5.76. The fourth-order valence-corrected chi connectivity index (χ4v) is 2.24. The molecule has 1 saturated carbocycles. The molecule has 1 aliphatic carbocycles. The van der Waals surface area contributed by atoms with Gasteiger partial charge in [-0.05, 0) is 19.3 Å². The van der Waals surface area contributed by atoms with Crippen molar-refractivity contribution in [1.29, 1.82) is 0 Å². The van der Waals surface area contributed by atoms with Crippen LogP contribution in [0.25, 0.3) is 0 Å². The zero-order chi connectivity index (χ0) is 10.3. The highest BCUT2D eigenvalue weighted by Gasteiger charge is 2.26. The molecule has 1 aromatic rings. The maximum absolute atomic E-state index is 5.86. The second kappa shape index (κ2) is 3.48. The van der Waals surface area contributed by atoms with E-state index in [4.69, 9.17) is 5.73 Å². The lowest BCUT2D eigenvalue weighted by Gasteiger charge is -2.22. The number of hydrogen-bond acceptors (Lipinski definition) is 4. The van der Waals surface area contributed by atoms with Gasteiger partial charge in [0.2, 0.25) is 5.95 Å². The van der Waals surface area contributed by atoms with Gasteiger partial charge in [-0.3, -0.25) is 5.10 Å². The number of aromatic amines is 1. The van der Waals surface area contributed by atoms with Gasteiger partial charge in [0.25, 0.3) is 0 Å². The van der Waals surface area contributed by atoms with Gasteiger partial charge >= 0.3 is 0 Å². The van der Waals surface area contributed by atoms with Gasteiger partial charge in [-0.25, -0.2) is 0 Å². The molecular weight excluding hydrogens is 190 g/mol. The van der Waals surface area contributed by atoms with Gasteiger partial charge in [0, 0.05) is 25.0 Å². The van der Waals surface area contributed by atoms with Crippen LogP contribution in [0.4, 0.5) is 5.95 Å². The second-order valence-electron chi connectivity index (χ2n) is 4.64. The number of nitrogens with two attached hydrogens (primary N) is 1. The van der Waals surface area contributed by atoms with Crippen LogP contribution in [0.3, 0.4) is 0 Å². The van der Waals surface area contributed by atoms with E-state index < -0.39 is 0 Å². The van der Waals surface area contributed by atoms with Crippen LogP contribution in [0.1, 0.15) is 37.4 Å². The first-order chi connectivity index (χ1) is 7.33. The topological polar surface area (TPSA) is 70.8 Å². The molecule has 3 N–H and O–H groups in total. The van der Waals surface area contributed by atoms with Crippen molar-refractivity contribution >= 4 is 5.95 Å². The summed E-state index contributed by atoms with van der Waals surface area (Å²) in [5, 5.41) is 7.33. The highest BCUT2D eigenvalue weighted by molar-refractivity contribution is 5.31. The molecule has 1 unspecified atom stereocenters. The van der Waals surface area contributed by atoms with Crippen LogP contribution >= 0.6 is 0 Å². The maximum Gasteiger partial charge on any atom is 0.244 e. The monoisotopic (exact) mass is 207 g/mol. The van der Waals surface area contributed by atoms with Crippen LogP contribution in [0.2, 0.25) is 0 Å². The van der Waals surface area contributed by atoms with Crippen molar-refractivity contribution in [3.8, 4) is 0 Å². The van der Waals surface area contributed by atoms with E-state index in [0.29, 0.717) is 5.92 Å². The van der Waals surface area contributed by atoms with E-state index in [2.05, 4.69) is 20.1 Å². The lowest BCUT2D eigenvalue weighted by Crippen LogP contribution is -2.27. The molecule has 15 heavy (non-hydrogen) atoms. The van der Waals surface area contributed by atoms with Gasteiger partial charge in [0.05, 0.1) is 0 Å². The van der Waals surface area contributed by atoms with E-state index in [1.54, 1.807) is 0 Å². The van der Waals surface area contributed by atoms with Crippen LogP contribution in [-0.4, -0.2) is 34.3 Å². The van der Waals surface area contributed by atoms with Crippen molar-refractivity contribution in [2.24, 2.45) is 5.73 Å². The molecule has 0 spiro atoms. The van der Waals surface area contributed by atoms with Crippen LogP contribution in [0, 0.1) is 0 Å². The van der Waals surface area contributed by atoms with Crippen molar-refractivity contribution in [3.05, 3.63) is 5.82 Å². The minimum Gasteiger partial charge on any atom is -0.338 e. The Kier molecular flexibility index (Phi) is 2.12. The van der Waals surface area contributed by atoms with Gasteiger partial charge in [0.1, 0.15) is 5.82 Å². The molecule has 2 fully saturated rings. The number of H-pyrrole nitrogens is 1. The molecule has 0 radical (unpaired) electrons. The fourth-order valence-electron chi connectivity index (χ4n) is 2.24. The summed E-state index contributed by atoms with van der Waals surface area (Å²) in [7, 11) is 0. The molecule has 1 saturated heterocycles. The summed E-state index contributed by atoms with van der Waals surface area (Å²) >= 11 is 0. The van der Waals surface area contributed by atoms with Gasteiger partial charge in [-0.15, -0.1) is 5.10 Å². The number of nitrogens with zero attached hydrogens (tertiary/aromatic N) is 3. The van der Waals surface area contributed by atoms with E-state index in [9.17, 15) is 0 Å². The first kappa shape index (κ1) is 9.15. The summed E-state index contributed by atoms with van der Waals surface area (Å²) in [6.45, 7) is 1.88. The Bertz CT molecular complexity index is 343. The molecule has 1 atom stereocenters. The van der Waals surface area contributed by atoms with E-state index >= 15 is 0 Å². The molecule has 1 aromatic heterocycles. The second-order valence-corrected chi connectivity index (χ2v) is 4.64. The largest absolute Gasteiger partial charge is 0.338 e. The van der Waals surface area contributed by atoms with Gasteiger partial charge in [-0.1, -0.05) is 6.42 Å². The van der Waals surface area contributed by atoms with E-state index in [1.165, 1.54) is 19.3 Å². The van der Waals surface area contributed by atoms with Gasteiger partial charge in [-0.2, -0.15) is 4.98 Å². The molecule has 82 valence electrons. The van der Waals surface area contributed by atoms with Gasteiger partial charge in [0.15, 0.2) is 0 Å². The van der Waals surface area contributed by atoms with Crippen molar-refractivity contribution in [2.45, 2.75) is 37.6 Å². The van der Waals surface area contributed by atoms with Crippen LogP contribution in [0.15, 0.2) is 0 Å². The average molecular weight is 207 g/mol. The SMILES string of the molecule is NC1CCN(c2n[nH]c(C3CCC3)n2)C1. The highest BCUT2D eigenvalue weighted by atomic mass is 15.4. The predicted octanol–water partition coefficient (Wildman–Crippen LogP) is 0.610. The molecule has 3 rings (SSSR count). The Morgan fingerprint density at radius 2 is 2.20 bits per heavy atom. The molecule has 2 heterocycles. The summed E-state index contributed by atoms with van der Waals surface area (Å²) in [5.74, 6) is 2.53. The zero-order valence-corrected chi connectivity index (χ0v) is 8.82. The van der Waals surface area contributed by atoms with E-state index in [0.717, 1.165) is 31.3 Å². The Labute approximate surface area is 89.1 Å². The zero-order valence-electron chi connectivity index (χ0n) is 8.82. The minimum atomic E-state index is 0.288. The van der Waals surface area contributed by atoms with Crippen molar-refractivity contribution in [2.75, 3.05) is 18.0 Å². The Morgan fingerprint density at radius 3 is 2.80 bits per heavy atom. The minimum absolute atomic E-state index is 0.288. The summed E-state index contributed by atoms with van der Waals surface area (Å²) in [4.78, 5) is 6.72. The van der Waals surface area contributed by atoms with E-state index in [1.807, 2.05) is 0 Å². The first-order valence-corrected chi connectivity index (χ1v) is 5.76. The molecule has 5 nitrogen and oxygen atoms in total. The van der Waals surface area contributed by atoms with Crippen molar-refractivity contribution < 1.29 is 0 Å². The summed E-state index contributed by atoms with van der Waals surface area (Å²) in [5.41, 5.74) is 5.86. The third-order valence-electron chi connectivity index (χ3n) is 3.49. The molecule has 1 aliphatic heterocycles. The van der Waals surface area contributed by atoms with E-state index in [-0.39, 0.29) is 6.04 Å². The number of hydrogen-bond donors (Lipinski definition) is 2. The van der Waals surface area contributed by atoms with Crippen LogP contribution in [0.5, 0.6) is 0 Å². The predicted molar refractivity (Wildman–Crippen MR) is 57.8 cm³/mol. The molecule has 0 bridgehead atoms. The molecular formula is C10H17N5. The van der Waals surface area contributed by atoms with Crippen LogP contribution in [-0.2, 0) is 0 Å². The lowest BCUT2D eigenvalue weighted by atomic mass is 9.85. The van der Waals surface area contributed by atoms with Crippen molar-refractivity contribution in [1.82, 2.24) is 15.2 Å². The van der Waals surface area contributed by atoms with Crippen molar-refractivity contribution in [3.63, 3.8) is 0 Å². The number of rotatable bonds is 2. The lowest BCUT2D eigenvalue weighted by molar-refractivity contribution is 0.402. The normalized spacial score (nSPS) is 27.0.